The summed E-state index contributed by atoms with van der Waals surface area (Å²) in [7, 11) is -3.44. The molecule has 0 spiro atoms. The zero-order chi connectivity index (χ0) is 19.9. The first-order chi connectivity index (χ1) is 11.1. The number of aliphatic hydroxyl groups is 1. The number of rotatable bonds is 8. The van der Waals surface area contributed by atoms with Gasteiger partial charge in [-0.25, -0.2) is 0 Å². The van der Waals surface area contributed by atoms with E-state index >= 15 is 0 Å². The Balaban J connectivity index is -0.00000102. The van der Waals surface area contributed by atoms with Crippen LogP contribution in [0.25, 0.3) is 0 Å². The molecule has 2 amide bonds. The number of aliphatic hydroxyl groups excluding tert-OH is 1. The van der Waals surface area contributed by atoms with Crippen LogP contribution in [-0.4, -0.2) is 57.6 Å². The van der Waals surface area contributed by atoms with E-state index in [4.69, 9.17) is 32.2 Å². The Morgan fingerprint density at radius 2 is 1.62 bits per heavy atom. The largest absolute Gasteiger partial charge is 0.400 e. The van der Waals surface area contributed by atoms with Gasteiger partial charge in [-0.15, -0.1) is 11.6 Å². The molecule has 0 aliphatic rings. The Kier molecular flexibility index (Phi) is 18.5. The lowest BCUT2D eigenvalue weighted by molar-refractivity contribution is -0.129. The Morgan fingerprint density at radius 3 is 1.96 bits per heavy atom. The molecule has 0 aromatic carbocycles. The van der Waals surface area contributed by atoms with Gasteiger partial charge in [0.05, 0.1) is 11.9 Å². The highest BCUT2D eigenvalue weighted by Crippen LogP contribution is 2.39. The molecule has 2 unspecified atom stereocenters. The lowest BCUT2D eigenvalue weighted by atomic mass is 10.1. The van der Waals surface area contributed by atoms with Gasteiger partial charge in [-0.3, -0.25) is 14.2 Å². The first-order valence-corrected chi connectivity index (χ1v) is 9.77. The average molecular weight is 392 g/mol. The van der Waals surface area contributed by atoms with Gasteiger partial charge in [0.2, 0.25) is 11.8 Å². The average Bonchev–Trinajstić information content (AvgIpc) is 2.55. The highest BCUT2D eigenvalue weighted by molar-refractivity contribution is 7.52. The van der Waals surface area contributed by atoms with Crippen LogP contribution in [0.2, 0.25) is 0 Å². The van der Waals surface area contributed by atoms with Gasteiger partial charge >= 0.3 is 7.60 Å². The Labute approximate surface area is 148 Å². The number of nitrogens with two attached hydrogens (primary N) is 1. The number of hydrogen-bond donors (Lipinski definition) is 6. The monoisotopic (exact) mass is 391 g/mol. The van der Waals surface area contributed by atoms with Crippen molar-refractivity contribution in [2.45, 2.75) is 58.4 Å². The number of nitrogens with one attached hydrogen (secondary N) is 2. The molecule has 0 rings (SSSR count). The molecule has 0 aromatic rings. The van der Waals surface area contributed by atoms with Crippen LogP contribution in [0.3, 0.4) is 0 Å². The number of carbonyl (C=O) groups is 2. The Hall–Kier alpha value is -0.700. The maximum atomic E-state index is 11.8. The minimum atomic E-state index is -4.44. The minimum Gasteiger partial charge on any atom is -0.400 e. The fraction of sp³-hybridized carbons (Fsp3) is 0.846. The highest BCUT2D eigenvalue weighted by atomic mass is 35.5. The summed E-state index contributed by atoms with van der Waals surface area (Å²) in [6.07, 6.45) is 1.17. The van der Waals surface area contributed by atoms with Crippen LogP contribution >= 0.6 is 19.2 Å². The lowest BCUT2D eigenvalue weighted by Crippen LogP contribution is -2.53. The number of amides is 2. The lowest BCUT2D eigenvalue weighted by Gasteiger charge is -2.21. The summed E-state index contributed by atoms with van der Waals surface area (Å²) in [6.45, 7) is 7.02. The number of alkyl halides is 1. The third-order valence-corrected chi connectivity index (χ3v) is 4.03. The van der Waals surface area contributed by atoms with Gasteiger partial charge in [-0.2, -0.15) is 0 Å². The molecule has 0 aliphatic heterocycles. The zero-order valence-corrected chi connectivity index (χ0v) is 16.5. The van der Waals surface area contributed by atoms with E-state index in [0.29, 0.717) is 12.8 Å². The Morgan fingerprint density at radius 1 is 1.17 bits per heavy atom. The van der Waals surface area contributed by atoms with Gasteiger partial charge < -0.3 is 31.3 Å². The van der Waals surface area contributed by atoms with Gasteiger partial charge in [-0.1, -0.05) is 27.2 Å². The molecule has 24 heavy (non-hydrogen) atoms. The molecule has 11 heteroatoms. The molecule has 0 radical (unpaired) electrons. The fourth-order valence-corrected chi connectivity index (χ4v) is 1.80. The molecule has 146 valence electrons. The molecular weight excluding hydrogens is 361 g/mol. The molecular formula is C13H31ClN3O6P. The van der Waals surface area contributed by atoms with Crippen molar-refractivity contribution in [3.8, 4) is 0 Å². The van der Waals surface area contributed by atoms with Crippen LogP contribution in [0, 0.1) is 0 Å². The van der Waals surface area contributed by atoms with Gasteiger partial charge in [0.15, 0.2) is 0 Å². The summed E-state index contributed by atoms with van der Waals surface area (Å²) in [4.78, 5) is 41.2. The fourth-order valence-electron chi connectivity index (χ4n) is 1.29. The molecule has 0 saturated heterocycles. The summed E-state index contributed by atoms with van der Waals surface area (Å²) < 4.78 is 10.9. The number of halogens is 1. The van der Waals surface area contributed by atoms with Crippen LogP contribution in [0.1, 0.15) is 40.5 Å². The van der Waals surface area contributed by atoms with Crippen molar-refractivity contribution in [3.63, 3.8) is 0 Å². The molecule has 0 fully saturated rings. The van der Waals surface area contributed by atoms with E-state index in [-0.39, 0.29) is 5.88 Å². The van der Waals surface area contributed by atoms with E-state index in [1.165, 1.54) is 0 Å². The van der Waals surface area contributed by atoms with Gasteiger partial charge in [0.25, 0.3) is 0 Å². The molecule has 0 bridgehead atoms. The summed E-state index contributed by atoms with van der Waals surface area (Å²) in [6, 6.07) is -1.85. The molecule has 9 nitrogen and oxygen atoms in total. The molecule has 0 heterocycles. The van der Waals surface area contributed by atoms with Crippen molar-refractivity contribution in [2.24, 2.45) is 5.73 Å². The third kappa shape index (κ3) is 12.7. The first-order valence-electron chi connectivity index (χ1n) is 7.55. The topological polar surface area (TPSA) is 162 Å². The third-order valence-electron chi connectivity index (χ3n) is 2.58. The summed E-state index contributed by atoms with van der Waals surface area (Å²) in [5.74, 6) is -2.89. The molecule has 0 aliphatic carbocycles. The van der Waals surface area contributed by atoms with Gasteiger partial charge in [0, 0.05) is 7.11 Å². The zero-order valence-electron chi connectivity index (χ0n) is 14.8. The summed E-state index contributed by atoms with van der Waals surface area (Å²) in [5, 5.41) is 11.5. The van der Waals surface area contributed by atoms with Crippen LogP contribution in [-0.2, 0) is 14.2 Å². The highest BCUT2D eigenvalue weighted by Gasteiger charge is 2.29. The quantitative estimate of drug-likeness (QED) is 0.252. The van der Waals surface area contributed by atoms with Gasteiger partial charge in [0.1, 0.15) is 11.8 Å². The van der Waals surface area contributed by atoms with Crippen molar-refractivity contribution < 1.29 is 29.0 Å². The van der Waals surface area contributed by atoms with Crippen molar-refractivity contribution in [2.75, 3.05) is 13.0 Å². The van der Waals surface area contributed by atoms with Crippen molar-refractivity contribution in [1.82, 2.24) is 10.6 Å². The van der Waals surface area contributed by atoms with E-state index in [0.717, 1.165) is 14.0 Å². The maximum Gasteiger partial charge on any atom is 0.347 e. The van der Waals surface area contributed by atoms with Crippen molar-refractivity contribution in [3.05, 3.63) is 0 Å². The van der Waals surface area contributed by atoms with Gasteiger partial charge in [-0.05, 0) is 13.3 Å². The smallest absolute Gasteiger partial charge is 0.347 e. The second-order valence-electron chi connectivity index (χ2n) is 4.38. The summed E-state index contributed by atoms with van der Waals surface area (Å²) >= 11 is 5.58. The van der Waals surface area contributed by atoms with Crippen LogP contribution in [0.5, 0.6) is 0 Å². The second-order valence-corrected chi connectivity index (χ2v) is 6.65. The first kappa shape index (κ1) is 28.1. The predicted octanol–water partition coefficient (Wildman–Crippen LogP) is 0.112. The molecule has 0 saturated carbocycles. The number of carbonyl (C=O) groups excluding carboxylic acids is 2. The number of hydrogen-bond acceptors (Lipinski definition) is 5. The van der Waals surface area contributed by atoms with Crippen LogP contribution < -0.4 is 16.4 Å². The maximum absolute atomic E-state index is 11.8. The predicted molar refractivity (Wildman–Crippen MR) is 94.7 cm³/mol. The molecule has 3 atom stereocenters. The summed E-state index contributed by atoms with van der Waals surface area (Å²) in [5.41, 5.74) is 5.59. The van der Waals surface area contributed by atoms with E-state index in [2.05, 4.69) is 10.6 Å². The molecule has 0 aromatic heterocycles. The van der Waals surface area contributed by atoms with E-state index in [9.17, 15) is 14.2 Å². The van der Waals surface area contributed by atoms with Crippen molar-refractivity contribution in [1.29, 1.82) is 0 Å². The van der Waals surface area contributed by atoms with Crippen LogP contribution in [0.15, 0.2) is 0 Å². The van der Waals surface area contributed by atoms with Crippen LogP contribution in [0.4, 0.5) is 0 Å². The SMILES string of the molecule is CC.CCCC(N)C(=O)N[C@@H](CCl)C(=O)NC(C)P(=O)(O)O.CO. The van der Waals surface area contributed by atoms with E-state index in [1.807, 2.05) is 20.8 Å². The minimum absolute atomic E-state index is 0.232. The normalized spacial score (nSPS) is 13.9. The van der Waals surface area contributed by atoms with E-state index < -0.39 is 37.3 Å². The molecule has 7 N–H and O–H groups in total. The Bertz CT molecular complexity index is 394. The van der Waals surface area contributed by atoms with E-state index in [1.54, 1.807) is 0 Å². The second kappa shape index (κ2) is 15.8. The van der Waals surface area contributed by atoms with Crippen molar-refractivity contribution >= 4 is 31.0 Å². The standard InChI is InChI=1S/C10H21ClN3O5P.C2H6.CH4O/c1-3-4-7(12)9(15)14-8(5-11)10(16)13-6(2)20(17,18)19;2*1-2/h6-8H,3-5,12H2,1-2H3,(H,13,16)(H,14,15)(H2,17,18,19);1-2H3;2H,1H3/t6?,7?,8-;;/m0../s1.